The molecule has 82 valence electrons. The van der Waals surface area contributed by atoms with E-state index in [0.29, 0.717) is 0 Å². The van der Waals surface area contributed by atoms with E-state index >= 15 is 0 Å². The summed E-state index contributed by atoms with van der Waals surface area (Å²) in [7, 11) is 0. The van der Waals surface area contributed by atoms with Crippen molar-refractivity contribution in [3.05, 3.63) is 0 Å². The Morgan fingerprint density at radius 2 is 1.50 bits per heavy atom. The van der Waals surface area contributed by atoms with E-state index in [-0.39, 0.29) is 13.2 Å². The van der Waals surface area contributed by atoms with Crippen LogP contribution in [0.2, 0.25) is 0 Å². The Morgan fingerprint density at radius 1 is 1.14 bits per heavy atom. The van der Waals surface area contributed by atoms with Crippen molar-refractivity contribution in [1.29, 1.82) is 0 Å². The van der Waals surface area contributed by atoms with Crippen LogP contribution >= 0.6 is 11.8 Å². The number of carbonyl (C=O) groups excluding carboxylic acids is 2. The van der Waals surface area contributed by atoms with Gasteiger partial charge < -0.3 is 9.47 Å². The summed E-state index contributed by atoms with van der Waals surface area (Å²) < 4.78 is 8.37. The smallest absolute Gasteiger partial charge is 0.333 e. The van der Waals surface area contributed by atoms with E-state index in [1.165, 1.54) is 6.92 Å². The van der Waals surface area contributed by atoms with Crippen molar-refractivity contribution in [2.75, 3.05) is 19.5 Å². The summed E-state index contributed by atoms with van der Waals surface area (Å²) in [6.07, 6.45) is 1.67. The van der Waals surface area contributed by atoms with Crippen LogP contribution in [0.4, 0.5) is 0 Å². The van der Waals surface area contributed by atoms with Gasteiger partial charge in [-0.3, -0.25) is 0 Å². The van der Waals surface area contributed by atoms with Gasteiger partial charge in [-0.2, -0.15) is 0 Å². The van der Waals surface area contributed by atoms with Crippen molar-refractivity contribution in [3.63, 3.8) is 0 Å². The van der Waals surface area contributed by atoms with Gasteiger partial charge in [0.25, 0.3) is 0 Å². The number of rotatable bonds is 5. The Balaban J connectivity index is 4.60. The maximum Gasteiger partial charge on any atom is 0.333 e. The first-order valence-corrected chi connectivity index (χ1v) is 5.65. The normalized spacial score (nSPS) is 10.9. The van der Waals surface area contributed by atoms with E-state index in [0.717, 1.165) is 11.8 Å². The number of hydrogen-bond donors (Lipinski definition) is 0. The molecule has 0 aromatic carbocycles. The van der Waals surface area contributed by atoms with Gasteiger partial charge in [0, 0.05) is 0 Å². The summed E-state index contributed by atoms with van der Waals surface area (Å²) in [5.74, 6) is -1.10. The minimum Gasteiger partial charge on any atom is -0.465 e. The quantitative estimate of drug-likeness (QED) is 0.515. The van der Waals surface area contributed by atoms with Gasteiger partial charge in [-0.05, 0) is 27.0 Å². The standard InChI is InChI=1S/C9H16O4S/c1-5-12-7(10)9(3,14-4)8(11)13-6-2/h5-6H2,1-4H3. The van der Waals surface area contributed by atoms with Gasteiger partial charge in [0.1, 0.15) is 0 Å². The molecule has 0 aliphatic heterocycles. The Bertz CT molecular complexity index is 197. The summed E-state index contributed by atoms with van der Waals surface area (Å²) in [6.45, 7) is 5.42. The first-order valence-electron chi connectivity index (χ1n) is 4.42. The van der Waals surface area contributed by atoms with Crippen LogP contribution in [0.25, 0.3) is 0 Å². The highest BCUT2D eigenvalue weighted by atomic mass is 32.2. The van der Waals surface area contributed by atoms with Crippen LogP contribution < -0.4 is 0 Å². The third-order valence-corrected chi connectivity index (χ3v) is 2.89. The zero-order valence-corrected chi connectivity index (χ0v) is 9.77. The summed E-state index contributed by atoms with van der Waals surface area (Å²) in [4.78, 5) is 22.9. The van der Waals surface area contributed by atoms with E-state index < -0.39 is 16.7 Å². The molecule has 0 radical (unpaired) electrons. The molecule has 0 aliphatic carbocycles. The maximum absolute atomic E-state index is 11.5. The lowest BCUT2D eigenvalue weighted by molar-refractivity contribution is -0.157. The maximum atomic E-state index is 11.5. The van der Waals surface area contributed by atoms with E-state index in [4.69, 9.17) is 9.47 Å². The second kappa shape index (κ2) is 5.90. The average Bonchev–Trinajstić information content (AvgIpc) is 2.17. The molecule has 0 aromatic rings. The van der Waals surface area contributed by atoms with Crippen molar-refractivity contribution >= 4 is 23.7 Å². The Morgan fingerprint density at radius 3 is 1.71 bits per heavy atom. The highest BCUT2D eigenvalue weighted by molar-refractivity contribution is 8.01. The van der Waals surface area contributed by atoms with Crippen LogP contribution in [0, 0.1) is 0 Å². The second-order valence-corrected chi connectivity index (χ2v) is 3.90. The SMILES string of the molecule is CCOC(=O)C(C)(SC)C(=O)OCC. The molecule has 14 heavy (non-hydrogen) atoms. The molecule has 5 heteroatoms. The first kappa shape index (κ1) is 13.3. The molecule has 0 amide bonds. The number of thioether (sulfide) groups is 1. The van der Waals surface area contributed by atoms with Crippen LogP contribution in [0.1, 0.15) is 20.8 Å². The Kier molecular flexibility index (Phi) is 5.60. The summed E-state index contributed by atoms with van der Waals surface area (Å²) >= 11 is 1.12. The monoisotopic (exact) mass is 220 g/mol. The fraction of sp³-hybridized carbons (Fsp3) is 0.778. The molecule has 0 aromatic heterocycles. The number of ether oxygens (including phenoxy) is 2. The molecule has 0 heterocycles. The van der Waals surface area contributed by atoms with Crippen LogP contribution in [-0.2, 0) is 19.1 Å². The molecule has 0 unspecified atom stereocenters. The van der Waals surface area contributed by atoms with E-state index in [2.05, 4.69) is 0 Å². The van der Waals surface area contributed by atoms with E-state index in [9.17, 15) is 9.59 Å². The Hall–Kier alpha value is -0.710. The second-order valence-electron chi connectivity index (χ2n) is 2.68. The highest BCUT2D eigenvalue weighted by Gasteiger charge is 2.43. The van der Waals surface area contributed by atoms with Gasteiger partial charge >= 0.3 is 11.9 Å². The molecule has 4 nitrogen and oxygen atoms in total. The van der Waals surface area contributed by atoms with Crippen molar-refractivity contribution in [2.24, 2.45) is 0 Å². The molecular formula is C9H16O4S. The van der Waals surface area contributed by atoms with Crippen LogP contribution in [0.3, 0.4) is 0 Å². The molecule has 0 saturated carbocycles. The van der Waals surface area contributed by atoms with E-state index in [1.54, 1.807) is 20.1 Å². The predicted molar refractivity (Wildman–Crippen MR) is 55.2 cm³/mol. The molecule has 0 aliphatic rings. The summed E-state index contributed by atoms with van der Waals surface area (Å²) in [5.41, 5.74) is 0. The van der Waals surface area contributed by atoms with Gasteiger partial charge in [0.2, 0.25) is 4.75 Å². The third kappa shape index (κ3) is 2.90. The first-order chi connectivity index (χ1) is 6.52. The largest absolute Gasteiger partial charge is 0.465 e. The zero-order valence-electron chi connectivity index (χ0n) is 8.96. The van der Waals surface area contributed by atoms with Crippen molar-refractivity contribution in [1.82, 2.24) is 0 Å². The number of esters is 2. The highest BCUT2D eigenvalue weighted by Crippen LogP contribution is 2.25. The van der Waals surface area contributed by atoms with Gasteiger partial charge in [0.05, 0.1) is 13.2 Å². The van der Waals surface area contributed by atoms with Gasteiger partial charge in [-0.15, -0.1) is 11.8 Å². The molecule has 0 fully saturated rings. The Labute approximate surface area is 88.3 Å². The number of hydrogen-bond acceptors (Lipinski definition) is 5. The molecule has 0 N–H and O–H groups in total. The molecule has 0 bridgehead atoms. The average molecular weight is 220 g/mol. The van der Waals surface area contributed by atoms with E-state index in [1.807, 2.05) is 0 Å². The van der Waals surface area contributed by atoms with Crippen molar-refractivity contribution < 1.29 is 19.1 Å². The minimum absolute atomic E-state index is 0.258. The molecule has 0 atom stereocenters. The van der Waals surface area contributed by atoms with Crippen molar-refractivity contribution in [3.8, 4) is 0 Å². The lowest BCUT2D eigenvalue weighted by Crippen LogP contribution is -2.43. The van der Waals surface area contributed by atoms with Gasteiger partial charge in [-0.25, -0.2) is 9.59 Å². The van der Waals surface area contributed by atoms with Gasteiger partial charge in [-0.1, -0.05) is 0 Å². The third-order valence-electron chi connectivity index (χ3n) is 1.74. The fourth-order valence-electron chi connectivity index (χ4n) is 0.788. The fourth-order valence-corrected chi connectivity index (χ4v) is 1.24. The van der Waals surface area contributed by atoms with Crippen molar-refractivity contribution in [2.45, 2.75) is 25.5 Å². The zero-order chi connectivity index (χ0) is 11.2. The molecule has 0 rings (SSSR count). The van der Waals surface area contributed by atoms with Crippen LogP contribution in [-0.4, -0.2) is 36.2 Å². The number of carbonyl (C=O) groups is 2. The topological polar surface area (TPSA) is 52.6 Å². The molecule has 0 saturated heterocycles. The lowest BCUT2D eigenvalue weighted by atomic mass is 10.2. The predicted octanol–water partition coefficient (Wildman–Crippen LogP) is 1.23. The van der Waals surface area contributed by atoms with Gasteiger partial charge in [0.15, 0.2) is 0 Å². The minimum atomic E-state index is -1.24. The lowest BCUT2D eigenvalue weighted by Gasteiger charge is -2.22. The molecular weight excluding hydrogens is 204 g/mol. The molecule has 0 spiro atoms. The van der Waals surface area contributed by atoms with Crippen LogP contribution in [0.5, 0.6) is 0 Å². The summed E-state index contributed by atoms with van der Waals surface area (Å²) in [5, 5.41) is 0. The summed E-state index contributed by atoms with van der Waals surface area (Å²) in [6, 6.07) is 0. The van der Waals surface area contributed by atoms with Crippen LogP contribution in [0.15, 0.2) is 0 Å².